The van der Waals surface area contributed by atoms with Gasteiger partial charge >= 0.3 is 0 Å². The van der Waals surface area contributed by atoms with Gasteiger partial charge in [-0.25, -0.2) is 0 Å². The third-order valence-electron chi connectivity index (χ3n) is 3.19. The van der Waals surface area contributed by atoms with Crippen LogP contribution in [0.15, 0.2) is 18.2 Å². The highest BCUT2D eigenvalue weighted by Crippen LogP contribution is 2.21. The van der Waals surface area contributed by atoms with Gasteiger partial charge in [-0.15, -0.1) is 0 Å². The molecule has 0 spiro atoms. The molecule has 114 valence electrons. The Labute approximate surface area is 123 Å². The Morgan fingerprint density at radius 1 is 1.25 bits per heavy atom. The quantitative estimate of drug-likeness (QED) is 0.667. The summed E-state index contributed by atoms with van der Waals surface area (Å²) in [5.74, 6) is 0.952. The predicted octanol–water partition coefficient (Wildman–Crippen LogP) is 2.27. The third-order valence-corrected chi connectivity index (χ3v) is 3.19. The molecule has 0 radical (unpaired) electrons. The maximum atomic E-state index is 5.45. The van der Waals surface area contributed by atoms with Crippen molar-refractivity contribution in [3.05, 3.63) is 29.3 Å². The monoisotopic (exact) mass is 280 g/mol. The van der Waals surface area contributed by atoms with Gasteiger partial charge in [-0.2, -0.15) is 0 Å². The van der Waals surface area contributed by atoms with Crippen molar-refractivity contribution in [3.63, 3.8) is 0 Å². The maximum Gasteiger partial charge on any atom is 0.123 e. The van der Waals surface area contributed by atoms with Crippen molar-refractivity contribution >= 4 is 0 Å². The van der Waals surface area contributed by atoms with Gasteiger partial charge in [0.25, 0.3) is 0 Å². The molecule has 0 bridgehead atoms. The summed E-state index contributed by atoms with van der Waals surface area (Å²) in [4.78, 5) is 2.25. The number of hydrogen-bond acceptors (Lipinski definition) is 4. The summed E-state index contributed by atoms with van der Waals surface area (Å²) in [6.45, 7) is 9.36. The Bertz CT molecular complexity index is 383. The van der Waals surface area contributed by atoms with E-state index in [1.165, 1.54) is 11.1 Å². The molecule has 0 fully saturated rings. The average molecular weight is 280 g/mol. The molecule has 0 saturated heterocycles. The fourth-order valence-electron chi connectivity index (χ4n) is 2.07. The summed E-state index contributed by atoms with van der Waals surface area (Å²) in [5.41, 5.74) is 2.52. The second-order valence-corrected chi connectivity index (χ2v) is 4.86. The second kappa shape index (κ2) is 9.75. The largest absolute Gasteiger partial charge is 0.496 e. The smallest absolute Gasteiger partial charge is 0.123 e. The number of benzene rings is 1. The molecule has 0 saturated carbocycles. The molecular formula is C16H28N2O2. The first-order valence-electron chi connectivity index (χ1n) is 7.34. The highest BCUT2D eigenvalue weighted by Gasteiger charge is 2.07. The van der Waals surface area contributed by atoms with Gasteiger partial charge in [0, 0.05) is 31.8 Å². The molecule has 0 aliphatic rings. The molecule has 4 heteroatoms. The number of nitrogens with zero attached hydrogens (tertiary/aromatic N) is 1. The molecule has 0 atom stereocenters. The van der Waals surface area contributed by atoms with Gasteiger partial charge in [0.15, 0.2) is 0 Å². The summed E-state index contributed by atoms with van der Waals surface area (Å²) < 4.78 is 10.8. The third kappa shape index (κ3) is 5.90. The van der Waals surface area contributed by atoms with Crippen molar-refractivity contribution in [2.45, 2.75) is 26.9 Å². The van der Waals surface area contributed by atoms with Crippen LogP contribution in [0.1, 0.15) is 25.0 Å². The van der Waals surface area contributed by atoms with Crippen LogP contribution in [0, 0.1) is 0 Å². The zero-order chi connectivity index (χ0) is 14.8. The molecule has 1 aromatic carbocycles. The van der Waals surface area contributed by atoms with Gasteiger partial charge in [-0.3, -0.25) is 4.90 Å². The lowest BCUT2D eigenvalue weighted by atomic mass is 10.1. The number of methoxy groups -OCH3 is 1. The summed E-state index contributed by atoms with van der Waals surface area (Å²) in [6.07, 6.45) is 0. The molecular weight excluding hydrogens is 252 g/mol. The Morgan fingerprint density at radius 3 is 2.70 bits per heavy atom. The molecule has 1 aromatic rings. The molecule has 1 N–H and O–H groups in total. The molecule has 20 heavy (non-hydrogen) atoms. The van der Waals surface area contributed by atoms with Crippen LogP contribution < -0.4 is 10.1 Å². The summed E-state index contributed by atoms with van der Waals surface area (Å²) in [6, 6.07) is 6.39. The molecule has 0 aliphatic heterocycles. The van der Waals surface area contributed by atoms with E-state index in [0.717, 1.165) is 45.1 Å². The van der Waals surface area contributed by atoms with Gasteiger partial charge in [-0.05, 0) is 38.2 Å². The first kappa shape index (κ1) is 17.0. The number of ether oxygens (including phenoxy) is 2. The maximum absolute atomic E-state index is 5.45. The van der Waals surface area contributed by atoms with Crippen molar-refractivity contribution < 1.29 is 9.47 Å². The highest BCUT2D eigenvalue weighted by molar-refractivity contribution is 5.37. The lowest BCUT2D eigenvalue weighted by Crippen LogP contribution is -2.23. The lowest BCUT2D eigenvalue weighted by Gasteiger charge is -2.19. The molecule has 4 nitrogen and oxygen atoms in total. The number of nitrogens with one attached hydrogen (secondary N) is 1. The van der Waals surface area contributed by atoms with Crippen LogP contribution in [-0.4, -0.2) is 45.4 Å². The van der Waals surface area contributed by atoms with Gasteiger partial charge in [0.1, 0.15) is 5.75 Å². The van der Waals surface area contributed by atoms with Crippen LogP contribution in [0.25, 0.3) is 0 Å². The fraction of sp³-hybridized carbons (Fsp3) is 0.625. The summed E-state index contributed by atoms with van der Waals surface area (Å²) in [5, 5.41) is 3.35. The zero-order valence-corrected chi connectivity index (χ0v) is 13.2. The van der Waals surface area contributed by atoms with E-state index in [1.807, 2.05) is 6.92 Å². The van der Waals surface area contributed by atoms with E-state index < -0.39 is 0 Å². The minimum absolute atomic E-state index is 0.770. The Balaban J connectivity index is 2.64. The number of hydrogen-bond donors (Lipinski definition) is 1. The van der Waals surface area contributed by atoms with E-state index in [1.54, 1.807) is 7.11 Å². The molecule has 0 heterocycles. The standard InChI is InChI=1S/C16H28N2O2/c1-5-17-12-14-7-8-16(19-4)15(11-14)13-18(3)9-10-20-6-2/h7-8,11,17H,5-6,9-10,12-13H2,1-4H3. The lowest BCUT2D eigenvalue weighted by molar-refractivity contribution is 0.120. The van der Waals surface area contributed by atoms with Crippen molar-refractivity contribution in [3.8, 4) is 5.75 Å². The normalized spacial score (nSPS) is 11.1. The van der Waals surface area contributed by atoms with Crippen LogP contribution in [0.2, 0.25) is 0 Å². The van der Waals surface area contributed by atoms with E-state index in [9.17, 15) is 0 Å². The number of likely N-dealkylation sites (N-methyl/N-ethyl adjacent to an activating group) is 1. The summed E-state index contributed by atoms with van der Waals surface area (Å²) in [7, 11) is 3.83. The first-order valence-corrected chi connectivity index (χ1v) is 7.34. The van der Waals surface area contributed by atoms with Gasteiger partial charge in [-0.1, -0.05) is 13.0 Å². The van der Waals surface area contributed by atoms with E-state index >= 15 is 0 Å². The molecule has 0 aliphatic carbocycles. The van der Waals surface area contributed by atoms with E-state index in [4.69, 9.17) is 9.47 Å². The van der Waals surface area contributed by atoms with Crippen LogP contribution in [0.4, 0.5) is 0 Å². The molecule has 0 aromatic heterocycles. The Morgan fingerprint density at radius 2 is 2.05 bits per heavy atom. The Hall–Kier alpha value is -1.10. The zero-order valence-electron chi connectivity index (χ0n) is 13.2. The molecule has 0 amide bonds. The van der Waals surface area contributed by atoms with Crippen LogP contribution in [-0.2, 0) is 17.8 Å². The SMILES string of the molecule is CCNCc1ccc(OC)c(CN(C)CCOCC)c1. The van der Waals surface area contributed by atoms with Gasteiger partial charge in [0.05, 0.1) is 13.7 Å². The van der Waals surface area contributed by atoms with Gasteiger partial charge in [0.2, 0.25) is 0 Å². The van der Waals surface area contributed by atoms with Crippen LogP contribution in [0.3, 0.4) is 0 Å². The fourth-order valence-corrected chi connectivity index (χ4v) is 2.07. The minimum atomic E-state index is 0.770. The van der Waals surface area contributed by atoms with E-state index in [0.29, 0.717) is 0 Å². The average Bonchev–Trinajstić information content (AvgIpc) is 2.45. The van der Waals surface area contributed by atoms with Crippen LogP contribution >= 0.6 is 0 Å². The highest BCUT2D eigenvalue weighted by atomic mass is 16.5. The molecule has 0 unspecified atom stereocenters. The topological polar surface area (TPSA) is 33.7 Å². The van der Waals surface area contributed by atoms with Crippen molar-refractivity contribution in [1.82, 2.24) is 10.2 Å². The summed E-state index contributed by atoms with van der Waals surface area (Å²) >= 11 is 0. The second-order valence-electron chi connectivity index (χ2n) is 4.86. The van der Waals surface area contributed by atoms with E-state index in [-0.39, 0.29) is 0 Å². The van der Waals surface area contributed by atoms with Crippen molar-refractivity contribution in [2.24, 2.45) is 0 Å². The van der Waals surface area contributed by atoms with Gasteiger partial charge < -0.3 is 14.8 Å². The minimum Gasteiger partial charge on any atom is -0.496 e. The van der Waals surface area contributed by atoms with E-state index in [2.05, 4.69) is 42.4 Å². The number of rotatable bonds is 10. The molecule has 1 rings (SSSR count). The van der Waals surface area contributed by atoms with Crippen LogP contribution in [0.5, 0.6) is 5.75 Å². The first-order chi connectivity index (χ1) is 9.71. The predicted molar refractivity (Wildman–Crippen MR) is 83.2 cm³/mol. The van der Waals surface area contributed by atoms with Crippen molar-refractivity contribution in [1.29, 1.82) is 0 Å². The van der Waals surface area contributed by atoms with Crippen molar-refractivity contribution in [2.75, 3.05) is 40.5 Å². The Kier molecular flexibility index (Phi) is 8.26.